The lowest BCUT2D eigenvalue weighted by Gasteiger charge is -2.11. The third kappa shape index (κ3) is 3.61. The zero-order valence-electron chi connectivity index (χ0n) is 10.4. The molecule has 0 fully saturated rings. The molecule has 0 spiro atoms. The van der Waals surface area contributed by atoms with Crippen molar-refractivity contribution in [3.05, 3.63) is 52.5 Å². The van der Waals surface area contributed by atoms with Crippen LogP contribution in [-0.4, -0.2) is 14.7 Å². The molecule has 20 heavy (non-hydrogen) atoms. The Morgan fingerprint density at radius 3 is 2.20 bits per heavy atom. The van der Waals surface area contributed by atoms with Gasteiger partial charge in [-0.1, -0.05) is 23.2 Å². The van der Waals surface area contributed by atoms with Gasteiger partial charge in [0.05, 0.1) is 10.6 Å². The number of hydrogen-bond acceptors (Lipinski definition) is 3. The van der Waals surface area contributed by atoms with Gasteiger partial charge in [0.2, 0.25) is 0 Å². The molecule has 0 radical (unpaired) electrons. The molecule has 2 aromatic rings. The third-order valence-corrected chi connectivity index (χ3v) is 5.19. The zero-order valence-corrected chi connectivity index (χ0v) is 13.6. The first-order chi connectivity index (χ1) is 9.42. The van der Waals surface area contributed by atoms with Gasteiger partial charge in [-0.15, -0.1) is 11.8 Å². The van der Waals surface area contributed by atoms with Gasteiger partial charge >= 0.3 is 0 Å². The van der Waals surface area contributed by atoms with Crippen LogP contribution in [0.5, 0.6) is 0 Å². The Labute approximate surface area is 132 Å². The minimum Gasteiger partial charge on any atom is -0.278 e. The number of benzene rings is 2. The summed E-state index contributed by atoms with van der Waals surface area (Å²) in [7, 11) is -3.66. The molecule has 0 aliphatic carbocycles. The molecule has 0 amide bonds. The van der Waals surface area contributed by atoms with Crippen LogP contribution in [-0.2, 0) is 10.0 Å². The lowest BCUT2D eigenvalue weighted by atomic mass is 10.3. The number of sulfonamides is 1. The van der Waals surface area contributed by atoms with Crippen LogP contribution < -0.4 is 4.72 Å². The van der Waals surface area contributed by atoms with Gasteiger partial charge in [-0.25, -0.2) is 8.42 Å². The van der Waals surface area contributed by atoms with E-state index in [2.05, 4.69) is 4.72 Å². The number of rotatable bonds is 4. The monoisotopic (exact) mass is 347 g/mol. The van der Waals surface area contributed by atoms with Crippen molar-refractivity contribution in [1.82, 2.24) is 0 Å². The van der Waals surface area contributed by atoms with E-state index >= 15 is 0 Å². The third-order valence-electron chi connectivity index (χ3n) is 2.53. The lowest BCUT2D eigenvalue weighted by molar-refractivity contribution is 0.601. The largest absolute Gasteiger partial charge is 0.278 e. The zero-order chi connectivity index (χ0) is 14.8. The van der Waals surface area contributed by atoms with Crippen LogP contribution in [0.4, 0.5) is 5.69 Å². The number of halogens is 2. The Kier molecular flexibility index (Phi) is 4.86. The fourth-order valence-corrected chi connectivity index (χ4v) is 3.54. The second-order valence-corrected chi connectivity index (χ2v) is 7.31. The lowest BCUT2D eigenvalue weighted by Crippen LogP contribution is -2.13. The molecule has 0 bridgehead atoms. The number of thioether (sulfide) groups is 1. The number of anilines is 1. The van der Waals surface area contributed by atoms with Gasteiger partial charge in [0.15, 0.2) is 0 Å². The SMILES string of the molecule is CSc1ccc(Cl)cc1NS(=O)(=O)c1ccc(Cl)cc1. The predicted molar refractivity (Wildman–Crippen MR) is 85.5 cm³/mol. The topological polar surface area (TPSA) is 46.2 Å². The maximum atomic E-state index is 12.3. The average molecular weight is 348 g/mol. The molecule has 1 N–H and O–H groups in total. The minimum absolute atomic E-state index is 0.147. The summed E-state index contributed by atoms with van der Waals surface area (Å²) in [6.45, 7) is 0. The van der Waals surface area contributed by atoms with Gasteiger partial charge in [0.25, 0.3) is 10.0 Å². The molecule has 0 heterocycles. The van der Waals surface area contributed by atoms with Gasteiger partial charge in [-0.05, 0) is 48.7 Å². The van der Waals surface area contributed by atoms with Gasteiger partial charge in [0.1, 0.15) is 0 Å². The molecule has 0 aliphatic rings. The Hall–Kier alpha value is -0.880. The quantitative estimate of drug-likeness (QED) is 0.827. The van der Waals surface area contributed by atoms with Crippen LogP contribution in [0.15, 0.2) is 52.3 Å². The summed E-state index contributed by atoms with van der Waals surface area (Å²) in [6.07, 6.45) is 1.86. The maximum Gasteiger partial charge on any atom is 0.261 e. The minimum atomic E-state index is -3.66. The molecule has 0 atom stereocenters. The Bertz CT molecular complexity index is 716. The van der Waals surface area contributed by atoms with Gasteiger partial charge in [-0.2, -0.15) is 0 Å². The van der Waals surface area contributed by atoms with Gasteiger partial charge in [0, 0.05) is 14.9 Å². The van der Waals surface area contributed by atoms with Crippen LogP contribution in [0.3, 0.4) is 0 Å². The maximum absolute atomic E-state index is 12.3. The fraction of sp³-hybridized carbons (Fsp3) is 0.0769. The van der Waals surface area contributed by atoms with E-state index in [1.165, 1.54) is 36.0 Å². The first-order valence-corrected chi connectivity index (χ1v) is 9.01. The second-order valence-electron chi connectivity index (χ2n) is 3.90. The van der Waals surface area contributed by atoms with E-state index in [4.69, 9.17) is 23.2 Å². The van der Waals surface area contributed by atoms with Crippen LogP contribution in [0.2, 0.25) is 10.0 Å². The van der Waals surface area contributed by atoms with Crippen molar-refractivity contribution < 1.29 is 8.42 Å². The average Bonchev–Trinajstić information content (AvgIpc) is 2.39. The van der Waals surface area contributed by atoms with E-state index in [1.54, 1.807) is 18.2 Å². The first-order valence-electron chi connectivity index (χ1n) is 5.54. The fourth-order valence-electron chi connectivity index (χ4n) is 1.58. The second kappa shape index (κ2) is 6.26. The van der Waals surface area contributed by atoms with Crippen molar-refractivity contribution in [2.24, 2.45) is 0 Å². The summed E-state index contributed by atoms with van der Waals surface area (Å²) in [5.41, 5.74) is 0.458. The molecule has 0 aromatic heterocycles. The summed E-state index contributed by atoms with van der Waals surface area (Å²) in [6, 6.07) is 11.0. The molecular weight excluding hydrogens is 337 g/mol. The van der Waals surface area contributed by atoms with Crippen molar-refractivity contribution in [2.45, 2.75) is 9.79 Å². The first kappa shape index (κ1) is 15.5. The van der Waals surface area contributed by atoms with Crippen LogP contribution in [0.1, 0.15) is 0 Å². The molecular formula is C13H11Cl2NO2S2. The highest BCUT2D eigenvalue weighted by Gasteiger charge is 2.16. The molecule has 2 rings (SSSR count). The van der Waals surface area contributed by atoms with Crippen molar-refractivity contribution in [2.75, 3.05) is 11.0 Å². The van der Waals surface area contributed by atoms with E-state index in [9.17, 15) is 8.42 Å². The highest BCUT2D eigenvalue weighted by atomic mass is 35.5. The molecule has 3 nitrogen and oxygen atoms in total. The van der Waals surface area contributed by atoms with Crippen LogP contribution in [0.25, 0.3) is 0 Å². The summed E-state index contributed by atoms with van der Waals surface area (Å²) < 4.78 is 27.1. The number of nitrogens with one attached hydrogen (secondary N) is 1. The molecule has 106 valence electrons. The summed E-state index contributed by atoms with van der Waals surface area (Å²) in [4.78, 5) is 0.945. The van der Waals surface area contributed by atoms with Crippen molar-refractivity contribution in [1.29, 1.82) is 0 Å². The van der Waals surface area contributed by atoms with Crippen molar-refractivity contribution in [3.8, 4) is 0 Å². The Morgan fingerprint density at radius 1 is 1.00 bits per heavy atom. The van der Waals surface area contributed by atoms with E-state index in [-0.39, 0.29) is 4.90 Å². The molecule has 0 aliphatic heterocycles. The number of hydrogen-bond donors (Lipinski definition) is 1. The highest BCUT2D eigenvalue weighted by molar-refractivity contribution is 7.99. The van der Waals surface area contributed by atoms with E-state index in [1.807, 2.05) is 6.26 Å². The smallest absolute Gasteiger partial charge is 0.261 e. The van der Waals surface area contributed by atoms with Gasteiger partial charge < -0.3 is 0 Å². The summed E-state index contributed by atoms with van der Waals surface area (Å²) in [5.74, 6) is 0. The molecule has 0 saturated carbocycles. The van der Waals surface area contributed by atoms with Crippen molar-refractivity contribution in [3.63, 3.8) is 0 Å². The normalized spacial score (nSPS) is 11.3. The summed E-state index contributed by atoms with van der Waals surface area (Å²) >= 11 is 13.1. The van der Waals surface area contributed by atoms with E-state index < -0.39 is 10.0 Å². The molecule has 7 heteroatoms. The Morgan fingerprint density at radius 2 is 1.60 bits per heavy atom. The van der Waals surface area contributed by atoms with Gasteiger partial charge in [-0.3, -0.25) is 4.72 Å². The molecule has 0 saturated heterocycles. The van der Waals surface area contributed by atoms with Crippen LogP contribution in [0, 0.1) is 0 Å². The Balaban J connectivity index is 2.37. The van der Waals surface area contributed by atoms with E-state index in [0.717, 1.165) is 4.90 Å². The van der Waals surface area contributed by atoms with Crippen LogP contribution >= 0.6 is 35.0 Å². The molecule has 2 aromatic carbocycles. The molecule has 0 unspecified atom stereocenters. The van der Waals surface area contributed by atoms with Crippen molar-refractivity contribution >= 4 is 50.7 Å². The standard InChI is InChI=1S/C13H11Cl2NO2S2/c1-19-13-7-4-10(15)8-12(13)16-20(17,18)11-5-2-9(14)3-6-11/h2-8,16H,1H3. The summed E-state index contributed by atoms with van der Waals surface area (Å²) in [5, 5.41) is 0.952. The van der Waals surface area contributed by atoms with E-state index in [0.29, 0.717) is 15.7 Å². The highest BCUT2D eigenvalue weighted by Crippen LogP contribution is 2.30. The predicted octanol–water partition coefficient (Wildman–Crippen LogP) is 4.52.